The molecule has 7 nitrogen and oxygen atoms in total. The van der Waals surface area contributed by atoms with Crippen molar-refractivity contribution in [2.24, 2.45) is 5.92 Å². The van der Waals surface area contributed by atoms with Crippen LogP contribution in [-0.4, -0.2) is 39.8 Å². The molecule has 2 amide bonds. The summed E-state index contributed by atoms with van der Waals surface area (Å²) in [4.78, 5) is 36.0. The molecule has 0 spiro atoms. The lowest BCUT2D eigenvalue weighted by Gasteiger charge is -2.31. The summed E-state index contributed by atoms with van der Waals surface area (Å²) in [6.45, 7) is 3.19. The summed E-state index contributed by atoms with van der Waals surface area (Å²) in [5.41, 5.74) is 1.41. The molecule has 32 heavy (non-hydrogen) atoms. The summed E-state index contributed by atoms with van der Waals surface area (Å²) < 4.78 is 5.70. The van der Waals surface area contributed by atoms with Crippen molar-refractivity contribution >= 4 is 40.6 Å². The number of nitrogens with zero attached hydrogens (tertiary/aromatic N) is 3. The molecule has 0 radical (unpaired) electrons. The highest BCUT2D eigenvalue weighted by molar-refractivity contribution is 7.09. The fourth-order valence-corrected chi connectivity index (χ4v) is 4.26. The van der Waals surface area contributed by atoms with Crippen LogP contribution >= 0.6 is 22.9 Å². The molecule has 166 valence electrons. The molecule has 1 aromatic carbocycles. The molecule has 2 aromatic heterocycles. The first kappa shape index (κ1) is 22.2. The van der Waals surface area contributed by atoms with E-state index in [2.05, 4.69) is 15.3 Å². The molecule has 9 heteroatoms. The minimum atomic E-state index is -0.276. The van der Waals surface area contributed by atoms with Gasteiger partial charge in [0.1, 0.15) is 28.9 Å². The van der Waals surface area contributed by atoms with Crippen molar-refractivity contribution in [2.75, 3.05) is 18.4 Å². The van der Waals surface area contributed by atoms with E-state index >= 15 is 0 Å². The van der Waals surface area contributed by atoms with Gasteiger partial charge < -0.3 is 15.0 Å². The first-order valence-electron chi connectivity index (χ1n) is 10.3. The Morgan fingerprint density at radius 1 is 1.25 bits per heavy atom. The SMILES string of the molecule is Cc1ccc(NC(=O)C2CCCN(C(=O)c3csc(COc4ccc(Cl)cc4)n3)C2)nc1. The largest absolute Gasteiger partial charge is 0.486 e. The van der Waals surface area contributed by atoms with Gasteiger partial charge in [-0.1, -0.05) is 17.7 Å². The second-order valence-corrected chi connectivity index (χ2v) is 9.05. The minimum absolute atomic E-state index is 0.116. The molecule has 1 aliphatic heterocycles. The van der Waals surface area contributed by atoms with E-state index in [-0.39, 0.29) is 24.3 Å². The average Bonchev–Trinajstić information content (AvgIpc) is 3.29. The lowest BCUT2D eigenvalue weighted by atomic mass is 9.97. The summed E-state index contributed by atoms with van der Waals surface area (Å²) in [5, 5.41) is 5.94. The van der Waals surface area contributed by atoms with Crippen molar-refractivity contribution < 1.29 is 14.3 Å². The molecule has 0 saturated carbocycles. The number of hydrogen-bond donors (Lipinski definition) is 1. The van der Waals surface area contributed by atoms with Crippen molar-refractivity contribution in [3.8, 4) is 5.75 Å². The van der Waals surface area contributed by atoms with E-state index < -0.39 is 0 Å². The number of thiazole rings is 1. The molecular weight excluding hydrogens is 448 g/mol. The Morgan fingerprint density at radius 2 is 2.06 bits per heavy atom. The molecule has 1 saturated heterocycles. The van der Waals surface area contributed by atoms with Gasteiger partial charge >= 0.3 is 0 Å². The number of rotatable bonds is 6. The number of anilines is 1. The Balaban J connectivity index is 1.33. The Kier molecular flexibility index (Phi) is 7.02. The molecule has 1 atom stereocenters. The fraction of sp³-hybridized carbons (Fsp3) is 0.304. The zero-order valence-electron chi connectivity index (χ0n) is 17.6. The van der Waals surface area contributed by atoms with Crippen molar-refractivity contribution in [1.82, 2.24) is 14.9 Å². The highest BCUT2D eigenvalue weighted by atomic mass is 35.5. The molecule has 1 unspecified atom stereocenters. The summed E-state index contributed by atoms with van der Waals surface area (Å²) >= 11 is 7.26. The van der Waals surface area contributed by atoms with E-state index in [9.17, 15) is 9.59 Å². The first-order chi connectivity index (χ1) is 15.5. The number of carbonyl (C=O) groups is 2. The third-order valence-corrected chi connectivity index (χ3v) is 6.26. The normalized spacial score (nSPS) is 15.9. The molecular formula is C23H23ClN4O3S. The van der Waals surface area contributed by atoms with E-state index in [4.69, 9.17) is 16.3 Å². The van der Waals surface area contributed by atoms with Crippen LogP contribution < -0.4 is 10.1 Å². The molecule has 1 N–H and O–H groups in total. The summed E-state index contributed by atoms with van der Waals surface area (Å²) in [6.07, 6.45) is 3.21. The number of halogens is 1. The standard InChI is InChI=1S/C23H23ClN4O3S/c1-15-4-9-20(25-11-15)27-22(29)16-3-2-10-28(12-16)23(30)19-14-32-21(26-19)13-31-18-7-5-17(24)6-8-18/h4-9,11,14,16H,2-3,10,12-13H2,1H3,(H,25,27,29). The van der Waals surface area contributed by atoms with Crippen LogP contribution in [0.1, 0.15) is 33.9 Å². The van der Waals surface area contributed by atoms with Crippen molar-refractivity contribution in [3.05, 3.63) is 69.3 Å². The number of piperidine rings is 1. The zero-order valence-corrected chi connectivity index (χ0v) is 19.2. The summed E-state index contributed by atoms with van der Waals surface area (Å²) in [5.74, 6) is 0.653. The van der Waals surface area contributed by atoms with Gasteiger partial charge in [0, 0.05) is 29.7 Å². The van der Waals surface area contributed by atoms with Gasteiger partial charge in [0.2, 0.25) is 5.91 Å². The van der Waals surface area contributed by atoms with E-state index in [1.54, 1.807) is 46.8 Å². The van der Waals surface area contributed by atoms with Gasteiger partial charge in [-0.25, -0.2) is 9.97 Å². The maximum atomic E-state index is 13.0. The van der Waals surface area contributed by atoms with Crippen molar-refractivity contribution in [3.63, 3.8) is 0 Å². The van der Waals surface area contributed by atoms with Crippen LogP contribution in [0.4, 0.5) is 5.82 Å². The van der Waals surface area contributed by atoms with E-state index in [1.807, 2.05) is 13.0 Å². The number of hydrogen-bond acceptors (Lipinski definition) is 6. The van der Waals surface area contributed by atoms with Crippen molar-refractivity contribution in [1.29, 1.82) is 0 Å². The van der Waals surface area contributed by atoms with Gasteiger partial charge in [-0.05, 0) is 55.7 Å². The number of nitrogens with one attached hydrogen (secondary N) is 1. The van der Waals surface area contributed by atoms with Crippen LogP contribution in [-0.2, 0) is 11.4 Å². The lowest BCUT2D eigenvalue weighted by Crippen LogP contribution is -2.44. The van der Waals surface area contributed by atoms with Crippen LogP contribution in [0.3, 0.4) is 0 Å². The maximum absolute atomic E-state index is 13.0. The maximum Gasteiger partial charge on any atom is 0.273 e. The summed E-state index contributed by atoms with van der Waals surface area (Å²) in [7, 11) is 0. The van der Waals surface area contributed by atoms with Crippen LogP contribution in [0.15, 0.2) is 48.0 Å². The second kappa shape index (κ2) is 10.1. The fourth-order valence-electron chi connectivity index (χ4n) is 3.46. The highest BCUT2D eigenvalue weighted by Gasteiger charge is 2.30. The Hall–Kier alpha value is -2.97. The number of aromatic nitrogens is 2. The van der Waals surface area contributed by atoms with Gasteiger partial charge in [-0.3, -0.25) is 9.59 Å². The monoisotopic (exact) mass is 470 g/mol. The average molecular weight is 471 g/mol. The van der Waals surface area contributed by atoms with Crippen LogP contribution in [0.2, 0.25) is 5.02 Å². The van der Waals surface area contributed by atoms with Gasteiger partial charge in [0.15, 0.2) is 0 Å². The predicted molar refractivity (Wildman–Crippen MR) is 124 cm³/mol. The number of aryl methyl sites for hydroxylation is 1. The summed E-state index contributed by atoms with van der Waals surface area (Å²) in [6, 6.07) is 10.8. The molecule has 3 heterocycles. The second-order valence-electron chi connectivity index (χ2n) is 7.67. The van der Waals surface area contributed by atoms with Gasteiger partial charge in [-0.15, -0.1) is 11.3 Å². The van der Waals surface area contributed by atoms with Gasteiger partial charge in [0.05, 0.1) is 5.92 Å². The Morgan fingerprint density at radius 3 is 2.81 bits per heavy atom. The predicted octanol–water partition coefficient (Wildman–Crippen LogP) is 4.57. The number of ether oxygens (including phenoxy) is 1. The van der Waals surface area contributed by atoms with Gasteiger partial charge in [-0.2, -0.15) is 0 Å². The van der Waals surface area contributed by atoms with Crippen LogP contribution in [0.5, 0.6) is 5.75 Å². The third kappa shape index (κ3) is 5.63. The first-order valence-corrected chi connectivity index (χ1v) is 11.6. The van der Waals surface area contributed by atoms with E-state index in [1.165, 1.54) is 11.3 Å². The number of amides is 2. The Labute approximate surface area is 195 Å². The third-order valence-electron chi connectivity index (χ3n) is 5.19. The quantitative estimate of drug-likeness (QED) is 0.570. The molecule has 0 bridgehead atoms. The lowest BCUT2D eigenvalue weighted by molar-refractivity contribution is -0.121. The number of benzene rings is 1. The number of likely N-dealkylation sites (tertiary alicyclic amines) is 1. The van der Waals surface area contributed by atoms with E-state index in [0.717, 1.165) is 18.4 Å². The Bertz CT molecular complexity index is 1090. The van der Waals surface area contributed by atoms with Crippen LogP contribution in [0.25, 0.3) is 0 Å². The molecule has 1 aliphatic rings. The molecule has 4 rings (SSSR count). The molecule has 3 aromatic rings. The molecule has 0 aliphatic carbocycles. The number of carbonyl (C=O) groups excluding carboxylic acids is 2. The number of pyridine rings is 1. The zero-order chi connectivity index (χ0) is 22.5. The van der Waals surface area contributed by atoms with Crippen molar-refractivity contribution in [2.45, 2.75) is 26.4 Å². The molecule has 1 fully saturated rings. The smallest absolute Gasteiger partial charge is 0.273 e. The highest BCUT2D eigenvalue weighted by Crippen LogP contribution is 2.22. The topological polar surface area (TPSA) is 84.4 Å². The van der Waals surface area contributed by atoms with Crippen LogP contribution in [0, 0.1) is 12.8 Å². The minimum Gasteiger partial charge on any atom is -0.486 e. The van der Waals surface area contributed by atoms with E-state index in [0.29, 0.717) is 40.4 Å². The van der Waals surface area contributed by atoms with Gasteiger partial charge in [0.25, 0.3) is 5.91 Å².